The molecule has 21 heavy (non-hydrogen) atoms. The Morgan fingerprint density at radius 2 is 1.95 bits per heavy atom. The summed E-state index contributed by atoms with van der Waals surface area (Å²) in [5, 5.41) is 3.47. The van der Waals surface area contributed by atoms with Crippen molar-refractivity contribution in [3.63, 3.8) is 0 Å². The molecular weight excluding hydrogens is 304 g/mol. The largest absolute Gasteiger partial charge is 0.314 e. The van der Waals surface area contributed by atoms with E-state index in [1.54, 1.807) is 17.4 Å². The maximum Gasteiger partial charge on any atom is 0.252 e. The summed E-state index contributed by atoms with van der Waals surface area (Å²) in [5.74, 6) is 0. The first-order valence-corrected chi connectivity index (χ1v) is 10.1. The van der Waals surface area contributed by atoms with Crippen molar-refractivity contribution in [1.82, 2.24) is 9.62 Å². The molecular formula is C15H24N2O2S2. The van der Waals surface area contributed by atoms with Gasteiger partial charge in [0.05, 0.1) is 0 Å². The van der Waals surface area contributed by atoms with Crippen LogP contribution in [-0.2, 0) is 16.4 Å². The average molecular weight is 329 g/mol. The summed E-state index contributed by atoms with van der Waals surface area (Å²) in [7, 11) is -1.56. The predicted molar refractivity (Wildman–Crippen MR) is 86.3 cm³/mol. The van der Waals surface area contributed by atoms with Crippen molar-refractivity contribution in [1.29, 1.82) is 0 Å². The minimum Gasteiger partial charge on any atom is -0.314 e. The van der Waals surface area contributed by atoms with Crippen molar-refractivity contribution in [2.24, 2.45) is 0 Å². The monoisotopic (exact) mass is 328 g/mol. The lowest BCUT2D eigenvalue weighted by molar-refractivity contribution is 0.374. The fourth-order valence-electron chi connectivity index (χ4n) is 2.92. The highest BCUT2D eigenvalue weighted by Crippen LogP contribution is 2.30. The van der Waals surface area contributed by atoms with Crippen LogP contribution in [0, 0.1) is 0 Å². The van der Waals surface area contributed by atoms with Crippen LogP contribution in [0.1, 0.15) is 43.4 Å². The Bertz CT molecular complexity index is 572. The Morgan fingerprint density at radius 1 is 1.24 bits per heavy atom. The van der Waals surface area contributed by atoms with Crippen molar-refractivity contribution in [3.8, 4) is 0 Å². The molecule has 2 fully saturated rings. The van der Waals surface area contributed by atoms with Crippen molar-refractivity contribution in [2.45, 2.75) is 61.2 Å². The van der Waals surface area contributed by atoms with Crippen LogP contribution in [0.5, 0.6) is 0 Å². The molecule has 0 spiro atoms. The molecule has 0 bridgehead atoms. The van der Waals surface area contributed by atoms with Crippen LogP contribution in [0.3, 0.4) is 0 Å². The lowest BCUT2D eigenvalue weighted by atomic mass is 10.3. The molecule has 0 aliphatic heterocycles. The summed E-state index contributed by atoms with van der Waals surface area (Å²) >= 11 is 1.43. The molecule has 2 aliphatic rings. The van der Waals surface area contributed by atoms with E-state index in [2.05, 4.69) is 5.32 Å². The number of nitrogens with zero attached hydrogens (tertiary/aromatic N) is 1. The van der Waals surface area contributed by atoms with Crippen LogP contribution >= 0.6 is 11.3 Å². The predicted octanol–water partition coefficient (Wildman–Crippen LogP) is 2.61. The van der Waals surface area contributed by atoms with E-state index < -0.39 is 10.0 Å². The van der Waals surface area contributed by atoms with Crippen LogP contribution in [0.4, 0.5) is 0 Å². The van der Waals surface area contributed by atoms with E-state index in [1.165, 1.54) is 24.2 Å². The van der Waals surface area contributed by atoms with Crippen LogP contribution in [0.2, 0.25) is 0 Å². The molecule has 4 nitrogen and oxygen atoms in total. The first kappa shape index (κ1) is 15.5. The third-order valence-corrected chi connectivity index (χ3v) is 8.01. The highest BCUT2D eigenvalue weighted by atomic mass is 32.2. The van der Waals surface area contributed by atoms with E-state index in [0.717, 1.165) is 43.5 Å². The number of hydrogen-bond donors (Lipinski definition) is 1. The second-order valence-corrected chi connectivity index (χ2v) is 9.55. The first-order valence-electron chi connectivity index (χ1n) is 7.87. The average Bonchev–Trinajstić information content (AvgIpc) is 2.96. The molecule has 1 heterocycles. The molecule has 0 radical (unpaired) electrons. The zero-order valence-electron chi connectivity index (χ0n) is 12.5. The molecule has 2 aliphatic carbocycles. The Kier molecular flexibility index (Phi) is 4.69. The molecule has 118 valence electrons. The summed E-state index contributed by atoms with van der Waals surface area (Å²) in [4.78, 5) is 1.15. The van der Waals surface area contributed by atoms with Gasteiger partial charge in [-0.25, -0.2) is 8.42 Å². The smallest absolute Gasteiger partial charge is 0.252 e. The van der Waals surface area contributed by atoms with Gasteiger partial charge in [-0.3, -0.25) is 0 Å². The zero-order valence-corrected chi connectivity index (χ0v) is 14.2. The van der Waals surface area contributed by atoms with Crippen molar-refractivity contribution in [3.05, 3.63) is 17.0 Å². The highest BCUT2D eigenvalue weighted by Gasteiger charge is 2.31. The molecule has 0 saturated heterocycles. The molecule has 0 aromatic carbocycles. The van der Waals surface area contributed by atoms with Gasteiger partial charge in [-0.15, -0.1) is 11.3 Å². The molecule has 1 N–H and O–H groups in total. The number of rotatable bonds is 7. The SMILES string of the molecule is CN(C1CCCC1)S(=O)(=O)c1ccc(CCNC2CC2)s1. The fraction of sp³-hybridized carbons (Fsp3) is 0.733. The summed E-state index contributed by atoms with van der Waals surface area (Å²) in [6, 6.07) is 4.64. The summed E-state index contributed by atoms with van der Waals surface area (Å²) < 4.78 is 27.4. The third kappa shape index (κ3) is 3.67. The molecule has 0 unspecified atom stereocenters. The molecule has 0 amide bonds. The lowest BCUT2D eigenvalue weighted by Gasteiger charge is -2.22. The molecule has 1 aromatic heterocycles. The van der Waals surface area contributed by atoms with E-state index in [1.807, 2.05) is 6.07 Å². The van der Waals surface area contributed by atoms with E-state index in [9.17, 15) is 8.42 Å². The summed E-state index contributed by atoms with van der Waals surface area (Å²) in [5.41, 5.74) is 0. The summed E-state index contributed by atoms with van der Waals surface area (Å²) in [6.07, 6.45) is 7.79. The van der Waals surface area contributed by atoms with Gasteiger partial charge in [0.25, 0.3) is 10.0 Å². The maximum atomic E-state index is 12.6. The Hall–Kier alpha value is -0.430. The second-order valence-electron chi connectivity index (χ2n) is 6.16. The van der Waals surface area contributed by atoms with Gasteiger partial charge in [0.2, 0.25) is 0 Å². The molecule has 3 rings (SSSR count). The third-order valence-electron chi connectivity index (χ3n) is 4.49. The molecule has 1 aromatic rings. The Balaban J connectivity index is 1.62. The Labute approximate surface area is 131 Å². The standard InChI is InChI=1S/C15H24N2O2S2/c1-17(13-4-2-3-5-13)21(18,19)15-9-8-14(20-15)10-11-16-12-6-7-12/h8-9,12-13,16H,2-7,10-11H2,1H3. The maximum absolute atomic E-state index is 12.6. The van der Waals surface area contributed by atoms with E-state index in [0.29, 0.717) is 10.3 Å². The normalized spacial score (nSPS) is 20.5. The number of hydrogen-bond acceptors (Lipinski definition) is 4. The number of thiophene rings is 1. The van der Waals surface area contributed by atoms with Crippen molar-refractivity contribution >= 4 is 21.4 Å². The minimum absolute atomic E-state index is 0.192. The van der Waals surface area contributed by atoms with Crippen LogP contribution in [-0.4, -0.2) is 38.4 Å². The van der Waals surface area contributed by atoms with Gasteiger partial charge in [-0.1, -0.05) is 12.8 Å². The van der Waals surface area contributed by atoms with E-state index in [4.69, 9.17) is 0 Å². The Morgan fingerprint density at radius 3 is 2.62 bits per heavy atom. The molecule has 2 saturated carbocycles. The first-order chi connectivity index (χ1) is 10.1. The van der Waals surface area contributed by atoms with Crippen molar-refractivity contribution < 1.29 is 8.42 Å². The fourth-order valence-corrected chi connectivity index (χ4v) is 5.88. The van der Waals surface area contributed by atoms with Crippen LogP contribution < -0.4 is 5.32 Å². The lowest BCUT2D eigenvalue weighted by Crippen LogP contribution is -2.34. The second kappa shape index (κ2) is 6.36. The topological polar surface area (TPSA) is 49.4 Å². The number of sulfonamides is 1. The summed E-state index contributed by atoms with van der Waals surface area (Å²) in [6.45, 7) is 0.948. The van der Waals surface area contributed by atoms with Gasteiger partial charge < -0.3 is 5.32 Å². The minimum atomic E-state index is -3.30. The van der Waals surface area contributed by atoms with Gasteiger partial charge in [-0.05, 0) is 44.2 Å². The highest BCUT2D eigenvalue weighted by molar-refractivity contribution is 7.91. The van der Waals surface area contributed by atoms with Gasteiger partial charge in [-0.2, -0.15) is 4.31 Å². The van der Waals surface area contributed by atoms with Gasteiger partial charge in [0.15, 0.2) is 0 Å². The van der Waals surface area contributed by atoms with E-state index in [-0.39, 0.29) is 6.04 Å². The van der Waals surface area contributed by atoms with Crippen molar-refractivity contribution in [2.75, 3.05) is 13.6 Å². The number of nitrogens with one attached hydrogen (secondary N) is 1. The van der Waals surface area contributed by atoms with Gasteiger partial charge in [0.1, 0.15) is 4.21 Å². The van der Waals surface area contributed by atoms with E-state index >= 15 is 0 Å². The molecule has 6 heteroatoms. The zero-order chi connectivity index (χ0) is 14.9. The van der Waals surface area contributed by atoms with Crippen LogP contribution in [0.15, 0.2) is 16.3 Å². The molecule has 0 atom stereocenters. The van der Waals surface area contributed by atoms with Crippen LogP contribution in [0.25, 0.3) is 0 Å². The quantitative estimate of drug-likeness (QED) is 0.837. The van der Waals surface area contributed by atoms with Gasteiger partial charge in [0, 0.05) is 30.6 Å². The van der Waals surface area contributed by atoms with Gasteiger partial charge >= 0.3 is 0 Å².